The van der Waals surface area contributed by atoms with Crippen LogP contribution in [0.4, 0.5) is 0 Å². The minimum Gasteiger partial charge on any atom is -0.459 e. The van der Waals surface area contributed by atoms with Crippen molar-refractivity contribution < 1.29 is 13.6 Å². The van der Waals surface area contributed by atoms with Crippen molar-refractivity contribution in [2.75, 3.05) is 0 Å². The van der Waals surface area contributed by atoms with E-state index in [4.69, 9.17) is 8.83 Å². The summed E-state index contributed by atoms with van der Waals surface area (Å²) in [6.07, 6.45) is 3.07. The van der Waals surface area contributed by atoms with Crippen LogP contribution in [0.1, 0.15) is 35.2 Å². The van der Waals surface area contributed by atoms with Crippen molar-refractivity contribution in [3.63, 3.8) is 0 Å². The molecule has 0 aliphatic heterocycles. The Morgan fingerprint density at radius 3 is 2.94 bits per heavy atom. The molecule has 84 valence electrons. The number of furan rings is 1. The van der Waals surface area contributed by atoms with Crippen LogP contribution in [0.3, 0.4) is 0 Å². The maximum atomic E-state index is 11.6. The molecule has 5 heteroatoms. The molecule has 0 fully saturated rings. The van der Waals surface area contributed by atoms with Crippen molar-refractivity contribution in [3.05, 3.63) is 42.0 Å². The zero-order valence-electron chi connectivity index (χ0n) is 9.06. The first-order valence-corrected chi connectivity index (χ1v) is 4.93. The number of rotatable bonds is 3. The number of carbonyl (C=O) groups is 1. The van der Waals surface area contributed by atoms with E-state index in [9.17, 15) is 4.79 Å². The molecular formula is C11H12N2O3. The van der Waals surface area contributed by atoms with E-state index in [-0.39, 0.29) is 17.7 Å². The summed E-state index contributed by atoms with van der Waals surface area (Å²) in [5, 5.41) is 2.72. The molecule has 0 saturated heterocycles. The summed E-state index contributed by atoms with van der Waals surface area (Å²) in [6, 6.07) is 2.98. The molecule has 1 unspecified atom stereocenters. The molecule has 0 spiro atoms. The zero-order chi connectivity index (χ0) is 11.5. The molecule has 16 heavy (non-hydrogen) atoms. The highest BCUT2D eigenvalue weighted by molar-refractivity contribution is 5.91. The quantitative estimate of drug-likeness (QED) is 0.859. The number of aryl methyl sites for hydroxylation is 1. The molecule has 2 aromatic heterocycles. The summed E-state index contributed by atoms with van der Waals surface area (Å²) in [7, 11) is 0. The predicted molar refractivity (Wildman–Crippen MR) is 55.8 cm³/mol. The van der Waals surface area contributed by atoms with E-state index in [1.165, 1.54) is 6.26 Å². The van der Waals surface area contributed by atoms with Gasteiger partial charge in [0.1, 0.15) is 11.8 Å². The van der Waals surface area contributed by atoms with E-state index in [0.29, 0.717) is 11.7 Å². The fraction of sp³-hybridized carbons (Fsp3) is 0.273. The lowest BCUT2D eigenvalue weighted by molar-refractivity contribution is 0.0906. The number of amides is 1. The van der Waals surface area contributed by atoms with Crippen LogP contribution in [-0.4, -0.2) is 10.9 Å². The number of nitrogens with zero attached hydrogens (tertiary/aromatic N) is 1. The molecule has 2 rings (SSSR count). The van der Waals surface area contributed by atoms with E-state index < -0.39 is 0 Å². The second-order valence-corrected chi connectivity index (χ2v) is 3.48. The molecule has 1 N–H and O–H groups in total. The van der Waals surface area contributed by atoms with Gasteiger partial charge in [-0.3, -0.25) is 4.79 Å². The average Bonchev–Trinajstić information content (AvgIpc) is 2.87. The number of aromatic nitrogens is 1. The maximum absolute atomic E-state index is 11.6. The van der Waals surface area contributed by atoms with Gasteiger partial charge in [0.15, 0.2) is 5.76 Å². The number of carbonyl (C=O) groups excluding carboxylic acids is 1. The van der Waals surface area contributed by atoms with Gasteiger partial charge in [-0.05, 0) is 26.0 Å². The van der Waals surface area contributed by atoms with Crippen LogP contribution in [0.2, 0.25) is 0 Å². The fourth-order valence-corrected chi connectivity index (χ4v) is 1.31. The monoisotopic (exact) mass is 220 g/mol. The van der Waals surface area contributed by atoms with Crippen molar-refractivity contribution >= 4 is 5.91 Å². The van der Waals surface area contributed by atoms with Gasteiger partial charge in [-0.25, -0.2) is 4.98 Å². The van der Waals surface area contributed by atoms with Crippen molar-refractivity contribution in [3.8, 4) is 0 Å². The third-order valence-electron chi connectivity index (χ3n) is 2.10. The fourth-order valence-electron chi connectivity index (χ4n) is 1.31. The minimum atomic E-state index is -0.286. The largest absolute Gasteiger partial charge is 0.459 e. The first kappa shape index (κ1) is 10.5. The zero-order valence-corrected chi connectivity index (χ0v) is 9.06. The van der Waals surface area contributed by atoms with Gasteiger partial charge in [-0.1, -0.05) is 0 Å². The van der Waals surface area contributed by atoms with Crippen LogP contribution in [0.5, 0.6) is 0 Å². The Hall–Kier alpha value is -2.04. The first-order chi connectivity index (χ1) is 7.66. The van der Waals surface area contributed by atoms with Crippen molar-refractivity contribution in [2.24, 2.45) is 0 Å². The van der Waals surface area contributed by atoms with Gasteiger partial charge in [-0.2, -0.15) is 0 Å². The van der Waals surface area contributed by atoms with Gasteiger partial charge < -0.3 is 14.2 Å². The smallest absolute Gasteiger partial charge is 0.287 e. The van der Waals surface area contributed by atoms with Crippen molar-refractivity contribution in [1.82, 2.24) is 10.3 Å². The molecule has 1 amide bonds. The summed E-state index contributed by atoms with van der Waals surface area (Å²) >= 11 is 0. The lowest BCUT2D eigenvalue weighted by Gasteiger charge is -2.08. The average molecular weight is 220 g/mol. The topological polar surface area (TPSA) is 68.3 Å². The highest BCUT2D eigenvalue weighted by Crippen LogP contribution is 2.12. The van der Waals surface area contributed by atoms with Crippen molar-refractivity contribution in [2.45, 2.75) is 19.9 Å². The minimum absolute atomic E-state index is 0.273. The molecule has 0 radical (unpaired) electrons. The Kier molecular flexibility index (Phi) is 2.76. The Balaban J connectivity index is 2.03. The van der Waals surface area contributed by atoms with E-state index in [2.05, 4.69) is 10.3 Å². The summed E-state index contributed by atoms with van der Waals surface area (Å²) in [5.74, 6) is 1.19. The Morgan fingerprint density at radius 2 is 2.38 bits per heavy atom. The molecule has 2 heterocycles. The Bertz CT molecular complexity index is 473. The van der Waals surface area contributed by atoms with Crippen LogP contribution in [0.15, 0.2) is 33.4 Å². The summed E-state index contributed by atoms with van der Waals surface area (Å²) in [4.78, 5) is 15.7. The Morgan fingerprint density at radius 1 is 1.56 bits per heavy atom. The van der Waals surface area contributed by atoms with Gasteiger partial charge in [-0.15, -0.1) is 0 Å². The van der Waals surface area contributed by atoms with Gasteiger partial charge in [0.05, 0.1) is 12.5 Å². The van der Waals surface area contributed by atoms with E-state index >= 15 is 0 Å². The summed E-state index contributed by atoms with van der Waals surface area (Å²) in [6.45, 7) is 3.60. The number of nitrogens with one attached hydrogen (secondary N) is 1. The molecule has 0 aromatic carbocycles. The second kappa shape index (κ2) is 4.22. The lowest BCUT2D eigenvalue weighted by Crippen LogP contribution is -2.26. The number of hydrogen-bond acceptors (Lipinski definition) is 4. The molecule has 2 aromatic rings. The van der Waals surface area contributed by atoms with Crippen LogP contribution in [-0.2, 0) is 0 Å². The van der Waals surface area contributed by atoms with E-state index in [1.54, 1.807) is 32.2 Å². The molecule has 5 nitrogen and oxygen atoms in total. The van der Waals surface area contributed by atoms with Gasteiger partial charge in [0.2, 0.25) is 5.89 Å². The van der Waals surface area contributed by atoms with E-state index in [1.807, 2.05) is 0 Å². The van der Waals surface area contributed by atoms with Crippen LogP contribution < -0.4 is 5.32 Å². The van der Waals surface area contributed by atoms with Gasteiger partial charge in [0, 0.05) is 0 Å². The number of oxazole rings is 1. The molecule has 0 saturated carbocycles. The Labute approximate surface area is 92.5 Å². The summed E-state index contributed by atoms with van der Waals surface area (Å²) in [5.41, 5.74) is 0. The third-order valence-corrected chi connectivity index (χ3v) is 2.10. The third kappa shape index (κ3) is 2.13. The molecule has 0 aliphatic carbocycles. The van der Waals surface area contributed by atoms with Gasteiger partial charge >= 0.3 is 0 Å². The summed E-state index contributed by atoms with van der Waals surface area (Å²) < 4.78 is 10.3. The van der Waals surface area contributed by atoms with E-state index in [0.717, 1.165) is 0 Å². The predicted octanol–water partition coefficient (Wildman–Crippen LogP) is 2.07. The van der Waals surface area contributed by atoms with Gasteiger partial charge in [0.25, 0.3) is 5.91 Å². The molecular weight excluding hydrogens is 208 g/mol. The van der Waals surface area contributed by atoms with Crippen LogP contribution in [0.25, 0.3) is 0 Å². The normalized spacial score (nSPS) is 12.4. The highest BCUT2D eigenvalue weighted by Gasteiger charge is 2.16. The standard InChI is InChI=1S/C11H12N2O3/c1-7-6-12-11(16-7)8(2)13-10(14)9-4-3-5-15-9/h3-6,8H,1-2H3,(H,13,14). The SMILES string of the molecule is Cc1cnc(C(C)NC(=O)c2ccco2)o1. The molecule has 0 aliphatic rings. The lowest BCUT2D eigenvalue weighted by atomic mass is 10.3. The first-order valence-electron chi connectivity index (χ1n) is 4.93. The highest BCUT2D eigenvalue weighted by atomic mass is 16.4. The maximum Gasteiger partial charge on any atom is 0.287 e. The number of hydrogen-bond donors (Lipinski definition) is 1. The second-order valence-electron chi connectivity index (χ2n) is 3.48. The van der Waals surface area contributed by atoms with Crippen LogP contribution >= 0.6 is 0 Å². The molecule has 0 bridgehead atoms. The van der Waals surface area contributed by atoms with Crippen molar-refractivity contribution in [1.29, 1.82) is 0 Å². The van der Waals surface area contributed by atoms with Crippen LogP contribution in [0, 0.1) is 6.92 Å². The molecule has 1 atom stereocenters.